The smallest absolute Gasteiger partial charge is 0.0160 e. The Hall–Kier alpha value is -0.170. The lowest BCUT2D eigenvalue weighted by Gasteiger charge is -2.11. The summed E-state index contributed by atoms with van der Waals surface area (Å²) in [4.78, 5) is 1.57. The summed E-state index contributed by atoms with van der Waals surface area (Å²) >= 11 is 1.98. The molecule has 0 aromatic carbocycles. The van der Waals surface area contributed by atoms with Crippen molar-refractivity contribution in [2.24, 2.45) is 0 Å². The number of unbranched alkanes of at least 4 members (excludes halogenated alkanes) is 1. The predicted molar refractivity (Wildman–Crippen MR) is 53.5 cm³/mol. The Kier molecular flexibility index (Phi) is 3.78. The maximum absolute atomic E-state index is 3.85. The fourth-order valence-electron chi connectivity index (χ4n) is 1.14. The minimum Gasteiger partial charge on any atom is -0.126 e. The van der Waals surface area contributed by atoms with Gasteiger partial charge in [0.15, 0.2) is 0 Å². The molecule has 0 saturated heterocycles. The predicted octanol–water partition coefficient (Wildman–Crippen LogP) is 3.57. The minimum absolute atomic E-state index is 1.06. The third kappa shape index (κ3) is 2.74. The molecule has 0 atom stereocenters. The molecule has 0 aromatic heterocycles. The first-order valence-electron chi connectivity index (χ1n) is 4.13. The van der Waals surface area contributed by atoms with Gasteiger partial charge in [-0.3, -0.25) is 0 Å². The molecule has 1 radical (unpaired) electrons. The number of hydrogen-bond donors (Lipinski definition) is 0. The quantitative estimate of drug-likeness (QED) is 0.619. The number of allylic oxidation sites excluding steroid dienone is 3. The van der Waals surface area contributed by atoms with Crippen LogP contribution in [0.1, 0.15) is 26.2 Å². The molecule has 0 amide bonds. The van der Waals surface area contributed by atoms with E-state index in [4.69, 9.17) is 0 Å². The maximum atomic E-state index is 3.85. The summed E-state index contributed by atoms with van der Waals surface area (Å²) < 4.78 is 0. The van der Waals surface area contributed by atoms with Crippen LogP contribution in [0.15, 0.2) is 22.6 Å². The second-order valence-corrected chi connectivity index (χ2v) is 3.89. The fourth-order valence-corrected chi connectivity index (χ4v) is 2.11. The van der Waals surface area contributed by atoms with Gasteiger partial charge in [0, 0.05) is 5.75 Å². The topological polar surface area (TPSA) is 0 Å². The second kappa shape index (κ2) is 4.66. The Bertz CT molecular complexity index is 177. The van der Waals surface area contributed by atoms with E-state index in [1.807, 2.05) is 11.8 Å². The van der Waals surface area contributed by atoms with E-state index in [0.717, 1.165) is 12.2 Å². The molecule has 0 aliphatic carbocycles. The highest BCUT2D eigenvalue weighted by Gasteiger charge is 2.03. The van der Waals surface area contributed by atoms with E-state index in [1.165, 1.54) is 18.4 Å². The van der Waals surface area contributed by atoms with Crippen molar-refractivity contribution in [3.8, 4) is 0 Å². The summed E-state index contributed by atoms with van der Waals surface area (Å²) in [5.41, 5.74) is 1.45. The summed E-state index contributed by atoms with van der Waals surface area (Å²) in [6.07, 6.45) is 7.97. The average Bonchev–Trinajstić information content (AvgIpc) is 2.03. The van der Waals surface area contributed by atoms with Gasteiger partial charge >= 0.3 is 0 Å². The van der Waals surface area contributed by atoms with Gasteiger partial charge in [-0.05, 0) is 30.2 Å². The number of hydrogen-bond acceptors (Lipinski definition) is 1. The zero-order valence-corrected chi connectivity index (χ0v) is 7.91. The van der Waals surface area contributed by atoms with Crippen molar-refractivity contribution in [2.75, 3.05) is 5.75 Å². The van der Waals surface area contributed by atoms with Gasteiger partial charge in [0.05, 0.1) is 0 Å². The van der Waals surface area contributed by atoms with E-state index in [9.17, 15) is 0 Å². The summed E-state index contributed by atoms with van der Waals surface area (Å²) in [6.45, 7) is 6.04. The van der Waals surface area contributed by atoms with Crippen LogP contribution in [-0.2, 0) is 0 Å². The first-order chi connectivity index (χ1) is 5.34. The first-order valence-corrected chi connectivity index (χ1v) is 5.11. The van der Waals surface area contributed by atoms with Crippen molar-refractivity contribution < 1.29 is 0 Å². The molecule has 11 heavy (non-hydrogen) atoms. The van der Waals surface area contributed by atoms with Crippen LogP contribution >= 0.6 is 11.8 Å². The molecule has 0 bridgehead atoms. The van der Waals surface area contributed by atoms with Gasteiger partial charge in [0.2, 0.25) is 0 Å². The van der Waals surface area contributed by atoms with Crippen LogP contribution in [0, 0.1) is 6.92 Å². The van der Waals surface area contributed by atoms with Gasteiger partial charge in [-0.2, -0.15) is 0 Å². The molecule has 1 aliphatic rings. The van der Waals surface area contributed by atoms with E-state index in [-0.39, 0.29) is 0 Å². The summed E-state index contributed by atoms with van der Waals surface area (Å²) in [5, 5.41) is 0. The van der Waals surface area contributed by atoms with Gasteiger partial charge in [0.25, 0.3) is 0 Å². The van der Waals surface area contributed by atoms with Crippen molar-refractivity contribution in [3.63, 3.8) is 0 Å². The van der Waals surface area contributed by atoms with E-state index in [1.54, 1.807) is 4.91 Å². The maximum Gasteiger partial charge on any atom is 0.0160 e. The van der Waals surface area contributed by atoms with E-state index >= 15 is 0 Å². The largest absolute Gasteiger partial charge is 0.126 e. The molecule has 0 fully saturated rings. The summed E-state index contributed by atoms with van der Waals surface area (Å²) in [5.74, 6) is 1.16. The molecular weight excluding hydrogens is 152 g/mol. The zero-order valence-electron chi connectivity index (χ0n) is 7.10. The highest BCUT2D eigenvalue weighted by atomic mass is 32.2. The van der Waals surface area contributed by atoms with Gasteiger partial charge in [-0.1, -0.05) is 25.5 Å². The van der Waals surface area contributed by atoms with Crippen LogP contribution in [0.2, 0.25) is 0 Å². The summed E-state index contributed by atoms with van der Waals surface area (Å²) in [7, 11) is 0. The molecular formula is C10H15S. The van der Waals surface area contributed by atoms with Gasteiger partial charge < -0.3 is 0 Å². The molecule has 1 rings (SSSR count). The Morgan fingerprint density at radius 1 is 1.64 bits per heavy atom. The molecule has 1 aliphatic heterocycles. The van der Waals surface area contributed by atoms with Crippen LogP contribution < -0.4 is 0 Å². The van der Waals surface area contributed by atoms with Gasteiger partial charge in [0.1, 0.15) is 0 Å². The fraction of sp³-hybridized carbons (Fsp3) is 0.500. The highest BCUT2D eigenvalue weighted by Crippen LogP contribution is 2.29. The Labute approximate surface area is 73.8 Å². The highest BCUT2D eigenvalue weighted by molar-refractivity contribution is 8.03. The molecule has 0 spiro atoms. The third-order valence-corrected chi connectivity index (χ3v) is 3.05. The van der Waals surface area contributed by atoms with Crippen molar-refractivity contribution in [3.05, 3.63) is 29.6 Å². The van der Waals surface area contributed by atoms with Crippen LogP contribution in [0.5, 0.6) is 0 Å². The van der Waals surface area contributed by atoms with E-state index in [2.05, 4.69) is 26.0 Å². The van der Waals surface area contributed by atoms with Crippen LogP contribution in [0.4, 0.5) is 0 Å². The lowest BCUT2D eigenvalue weighted by Crippen LogP contribution is -1.89. The number of rotatable bonds is 3. The molecule has 0 N–H and O–H groups in total. The molecule has 1 heterocycles. The lowest BCUT2D eigenvalue weighted by atomic mass is 10.1. The molecule has 0 unspecified atom stereocenters. The van der Waals surface area contributed by atoms with E-state index < -0.39 is 0 Å². The van der Waals surface area contributed by atoms with Crippen molar-refractivity contribution in [1.29, 1.82) is 0 Å². The normalized spacial score (nSPS) is 17.6. The number of thioether (sulfide) groups is 1. The van der Waals surface area contributed by atoms with Crippen LogP contribution in [0.3, 0.4) is 0 Å². The second-order valence-electron chi connectivity index (χ2n) is 2.78. The lowest BCUT2D eigenvalue weighted by molar-refractivity contribution is 0.853. The average molecular weight is 167 g/mol. The zero-order chi connectivity index (χ0) is 8.10. The van der Waals surface area contributed by atoms with Crippen molar-refractivity contribution in [2.45, 2.75) is 26.2 Å². The minimum atomic E-state index is 1.06. The molecule has 61 valence electrons. The van der Waals surface area contributed by atoms with Gasteiger partial charge in [-0.15, -0.1) is 11.8 Å². The molecule has 0 aromatic rings. The SMILES string of the molecule is [CH2]CCCC1=C(C)C=CCS1. The van der Waals surface area contributed by atoms with Gasteiger partial charge in [-0.25, -0.2) is 0 Å². The van der Waals surface area contributed by atoms with E-state index in [0.29, 0.717) is 0 Å². The first kappa shape index (κ1) is 8.92. The van der Waals surface area contributed by atoms with Crippen LogP contribution in [0.25, 0.3) is 0 Å². The Morgan fingerprint density at radius 3 is 3.09 bits per heavy atom. The third-order valence-electron chi connectivity index (χ3n) is 1.82. The monoisotopic (exact) mass is 167 g/mol. The molecule has 0 saturated carbocycles. The Balaban J connectivity index is 2.46. The Morgan fingerprint density at radius 2 is 2.45 bits per heavy atom. The van der Waals surface area contributed by atoms with Crippen molar-refractivity contribution in [1.82, 2.24) is 0 Å². The van der Waals surface area contributed by atoms with Crippen LogP contribution in [-0.4, -0.2) is 5.75 Å². The molecule has 0 nitrogen and oxygen atoms in total. The molecule has 1 heteroatoms. The van der Waals surface area contributed by atoms with Crippen molar-refractivity contribution >= 4 is 11.8 Å². The standard InChI is InChI=1S/C10H15S/c1-3-4-7-10-9(2)6-5-8-11-10/h5-6H,1,3-4,7-8H2,2H3. The summed E-state index contributed by atoms with van der Waals surface area (Å²) in [6, 6.07) is 0.